The molecule has 7 heteroatoms. The van der Waals surface area contributed by atoms with Gasteiger partial charge in [0.25, 0.3) is 5.91 Å². The fourth-order valence-corrected chi connectivity index (χ4v) is 3.00. The van der Waals surface area contributed by atoms with Crippen LogP contribution in [0.2, 0.25) is 0 Å². The zero-order chi connectivity index (χ0) is 17.8. The van der Waals surface area contributed by atoms with Crippen LogP contribution in [0.4, 0.5) is 11.5 Å². The van der Waals surface area contributed by atoms with Gasteiger partial charge in [-0.1, -0.05) is 18.2 Å². The lowest BCUT2D eigenvalue weighted by atomic mass is 10.2. The molecule has 1 atom stereocenters. The first kappa shape index (κ1) is 16.4. The van der Waals surface area contributed by atoms with Crippen molar-refractivity contribution in [1.82, 2.24) is 20.3 Å². The molecule has 1 aliphatic rings. The van der Waals surface area contributed by atoms with Gasteiger partial charge in [0, 0.05) is 30.8 Å². The van der Waals surface area contributed by atoms with Crippen LogP contribution in [-0.4, -0.2) is 40.1 Å². The van der Waals surface area contributed by atoms with Crippen LogP contribution in [0, 0.1) is 0 Å². The summed E-state index contributed by atoms with van der Waals surface area (Å²) in [5.74, 6) is 0.308. The molecule has 4 rings (SSSR count). The molecule has 26 heavy (non-hydrogen) atoms. The van der Waals surface area contributed by atoms with Gasteiger partial charge in [0.2, 0.25) is 0 Å². The van der Waals surface area contributed by atoms with Crippen molar-refractivity contribution >= 4 is 28.3 Å². The summed E-state index contributed by atoms with van der Waals surface area (Å²) in [6.07, 6.45) is 5.24. The first-order chi connectivity index (χ1) is 12.8. The molecule has 0 spiro atoms. The van der Waals surface area contributed by atoms with Crippen LogP contribution in [0.5, 0.6) is 0 Å². The molecular formula is C19H19N5O2. The molecule has 2 aromatic heterocycles. The molecule has 132 valence electrons. The molecule has 1 fully saturated rings. The number of pyridine rings is 1. The van der Waals surface area contributed by atoms with Crippen LogP contribution in [0.3, 0.4) is 0 Å². The number of rotatable bonds is 5. The number of benzene rings is 1. The summed E-state index contributed by atoms with van der Waals surface area (Å²) >= 11 is 0. The zero-order valence-electron chi connectivity index (χ0n) is 14.2. The number of ether oxygens (including phenoxy) is 1. The van der Waals surface area contributed by atoms with Crippen LogP contribution >= 0.6 is 0 Å². The quantitative estimate of drug-likeness (QED) is 0.736. The van der Waals surface area contributed by atoms with Crippen LogP contribution in [0.1, 0.15) is 23.3 Å². The monoisotopic (exact) mass is 349 g/mol. The SMILES string of the molecule is O=C(NCC1CCCO1)c1cc(Nc2cccc3cccnc23)ncn1. The number of hydrogen-bond donors (Lipinski definition) is 2. The number of fused-ring (bicyclic) bond motifs is 1. The fraction of sp³-hybridized carbons (Fsp3) is 0.263. The Balaban J connectivity index is 1.49. The highest BCUT2D eigenvalue weighted by Gasteiger charge is 2.17. The summed E-state index contributed by atoms with van der Waals surface area (Å²) in [5, 5.41) is 7.12. The molecule has 3 heterocycles. The van der Waals surface area contributed by atoms with Crippen LogP contribution in [-0.2, 0) is 4.74 Å². The summed E-state index contributed by atoms with van der Waals surface area (Å²) in [7, 11) is 0. The average Bonchev–Trinajstić information content (AvgIpc) is 3.20. The Labute approximate surface area is 150 Å². The lowest BCUT2D eigenvalue weighted by molar-refractivity contribution is 0.0853. The maximum absolute atomic E-state index is 12.3. The smallest absolute Gasteiger partial charge is 0.270 e. The third-order valence-electron chi connectivity index (χ3n) is 4.31. The minimum Gasteiger partial charge on any atom is -0.376 e. The van der Waals surface area contributed by atoms with E-state index in [4.69, 9.17) is 4.74 Å². The van der Waals surface area contributed by atoms with Gasteiger partial charge in [-0.25, -0.2) is 9.97 Å². The second-order valence-electron chi connectivity index (χ2n) is 6.14. The van der Waals surface area contributed by atoms with E-state index in [1.165, 1.54) is 6.33 Å². The average molecular weight is 349 g/mol. The Bertz CT molecular complexity index is 919. The molecule has 0 bridgehead atoms. The van der Waals surface area contributed by atoms with Gasteiger partial charge in [0.05, 0.1) is 17.3 Å². The normalized spacial score (nSPS) is 16.5. The number of aromatic nitrogens is 3. The minimum absolute atomic E-state index is 0.0974. The molecule has 0 radical (unpaired) electrons. The topological polar surface area (TPSA) is 89.0 Å². The molecule has 7 nitrogen and oxygen atoms in total. The minimum atomic E-state index is -0.234. The molecule has 1 aliphatic heterocycles. The van der Waals surface area contributed by atoms with Gasteiger partial charge in [-0.3, -0.25) is 9.78 Å². The Kier molecular flexibility index (Phi) is 4.70. The Morgan fingerprint density at radius 3 is 3.00 bits per heavy atom. The number of carbonyl (C=O) groups is 1. The number of carbonyl (C=O) groups excluding carboxylic acids is 1. The first-order valence-electron chi connectivity index (χ1n) is 8.62. The van der Waals surface area contributed by atoms with E-state index < -0.39 is 0 Å². The van der Waals surface area contributed by atoms with Crippen molar-refractivity contribution in [2.75, 3.05) is 18.5 Å². The highest BCUT2D eigenvalue weighted by atomic mass is 16.5. The van der Waals surface area contributed by atoms with Gasteiger partial charge in [-0.05, 0) is 25.0 Å². The number of anilines is 2. The third-order valence-corrected chi connectivity index (χ3v) is 4.31. The molecule has 1 amide bonds. The lowest BCUT2D eigenvalue weighted by Gasteiger charge is -2.11. The standard InChI is InChI=1S/C19H19N5O2/c25-19(21-11-14-6-3-9-26-14)16-10-17(23-12-22-16)24-15-7-1-4-13-5-2-8-20-18(13)15/h1-2,4-5,7-8,10,12,14H,3,6,9,11H2,(H,21,25)(H,22,23,24). The van der Waals surface area contributed by atoms with Gasteiger partial charge in [-0.15, -0.1) is 0 Å². The van der Waals surface area contributed by atoms with Crippen molar-refractivity contribution < 1.29 is 9.53 Å². The largest absolute Gasteiger partial charge is 0.376 e. The number of hydrogen-bond acceptors (Lipinski definition) is 6. The summed E-state index contributed by atoms with van der Waals surface area (Å²) < 4.78 is 5.52. The van der Waals surface area contributed by atoms with E-state index in [2.05, 4.69) is 25.6 Å². The first-order valence-corrected chi connectivity index (χ1v) is 8.62. The highest BCUT2D eigenvalue weighted by molar-refractivity contribution is 5.94. The molecule has 1 aromatic carbocycles. The van der Waals surface area contributed by atoms with E-state index in [-0.39, 0.29) is 12.0 Å². The fourth-order valence-electron chi connectivity index (χ4n) is 3.00. The third kappa shape index (κ3) is 3.62. The zero-order valence-corrected chi connectivity index (χ0v) is 14.2. The van der Waals surface area contributed by atoms with Crippen molar-refractivity contribution in [3.63, 3.8) is 0 Å². The molecule has 1 saturated heterocycles. The number of amides is 1. The Hall–Kier alpha value is -3.06. The van der Waals surface area contributed by atoms with Gasteiger partial charge in [0.1, 0.15) is 17.8 Å². The molecule has 0 aliphatic carbocycles. The number of nitrogens with zero attached hydrogens (tertiary/aromatic N) is 3. The maximum atomic E-state index is 12.3. The van der Waals surface area contributed by atoms with E-state index in [1.807, 2.05) is 30.3 Å². The number of para-hydroxylation sites is 1. The van der Waals surface area contributed by atoms with Crippen LogP contribution in [0.15, 0.2) is 48.9 Å². The molecule has 0 saturated carbocycles. The van der Waals surface area contributed by atoms with Gasteiger partial charge in [0.15, 0.2) is 0 Å². The molecule has 1 unspecified atom stereocenters. The van der Waals surface area contributed by atoms with Gasteiger partial charge in [-0.2, -0.15) is 0 Å². The van der Waals surface area contributed by atoms with Crippen molar-refractivity contribution in [2.45, 2.75) is 18.9 Å². The predicted molar refractivity (Wildman–Crippen MR) is 98.4 cm³/mol. The van der Waals surface area contributed by atoms with Gasteiger partial charge < -0.3 is 15.4 Å². The molecule has 3 aromatic rings. The van der Waals surface area contributed by atoms with Crippen LogP contribution < -0.4 is 10.6 Å². The van der Waals surface area contributed by atoms with E-state index in [0.717, 1.165) is 36.0 Å². The summed E-state index contributed by atoms with van der Waals surface area (Å²) in [6.45, 7) is 1.26. The second kappa shape index (κ2) is 7.45. The van der Waals surface area contributed by atoms with E-state index in [9.17, 15) is 4.79 Å². The van der Waals surface area contributed by atoms with Gasteiger partial charge >= 0.3 is 0 Å². The second-order valence-corrected chi connectivity index (χ2v) is 6.14. The predicted octanol–water partition coefficient (Wildman–Crippen LogP) is 2.68. The van der Waals surface area contributed by atoms with Crippen LogP contribution in [0.25, 0.3) is 10.9 Å². The van der Waals surface area contributed by atoms with E-state index >= 15 is 0 Å². The van der Waals surface area contributed by atoms with Crippen molar-refractivity contribution in [3.8, 4) is 0 Å². The van der Waals surface area contributed by atoms with E-state index in [0.29, 0.717) is 18.1 Å². The summed E-state index contributed by atoms with van der Waals surface area (Å²) in [5.41, 5.74) is 1.99. The molecular weight excluding hydrogens is 330 g/mol. The highest BCUT2D eigenvalue weighted by Crippen LogP contribution is 2.23. The Morgan fingerprint density at radius 2 is 2.12 bits per heavy atom. The summed E-state index contributed by atoms with van der Waals surface area (Å²) in [6, 6.07) is 11.4. The maximum Gasteiger partial charge on any atom is 0.270 e. The molecule has 2 N–H and O–H groups in total. The van der Waals surface area contributed by atoms with Crippen molar-refractivity contribution in [3.05, 3.63) is 54.6 Å². The lowest BCUT2D eigenvalue weighted by Crippen LogP contribution is -2.32. The summed E-state index contributed by atoms with van der Waals surface area (Å²) in [4.78, 5) is 25.0. The van der Waals surface area contributed by atoms with Crippen molar-refractivity contribution in [2.24, 2.45) is 0 Å². The van der Waals surface area contributed by atoms with Crippen molar-refractivity contribution in [1.29, 1.82) is 0 Å². The number of nitrogens with one attached hydrogen (secondary N) is 2. The Morgan fingerprint density at radius 1 is 1.19 bits per heavy atom. The van der Waals surface area contributed by atoms with E-state index in [1.54, 1.807) is 12.3 Å².